The number of alkyl halides is 3. The third kappa shape index (κ3) is 3.85. The molecule has 1 nitrogen and oxygen atoms in total. The van der Waals surface area contributed by atoms with Crippen molar-refractivity contribution < 1.29 is 22.0 Å². The smallest absolute Gasteiger partial charge is 0.381 e. The van der Waals surface area contributed by atoms with Crippen LogP contribution in [0.15, 0.2) is 36.4 Å². The number of hydrogen-bond acceptors (Lipinski definition) is 1. The van der Waals surface area contributed by atoms with E-state index in [9.17, 15) is 22.0 Å². The van der Waals surface area contributed by atoms with Gasteiger partial charge in [-0.1, -0.05) is 17.7 Å². The summed E-state index contributed by atoms with van der Waals surface area (Å²) < 4.78 is 64.2. The summed E-state index contributed by atoms with van der Waals surface area (Å²) in [6.45, 7) is -0.0783. The van der Waals surface area contributed by atoms with E-state index in [1.54, 1.807) is 0 Å². The molecule has 1 N–H and O–H groups in total. The molecular formula is C14H9ClF5N. The number of hydrogen-bond donors (Lipinski definition) is 1. The van der Waals surface area contributed by atoms with Gasteiger partial charge in [-0.2, -0.15) is 13.2 Å². The lowest BCUT2D eigenvalue weighted by atomic mass is 10.1. The third-order valence-electron chi connectivity index (χ3n) is 2.77. The van der Waals surface area contributed by atoms with Crippen LogP contribution in [0.2, 0.25) is 5.02 Å². The van der Waals surface area contributed by atoms with E-state index in [1.165, 1.54) is 12.1 Å². The first-order chi connectivity index (χ1) is 9.77. The molecule has 112 valence electrons. The largest absolute Gasteiger partial charge is 0.417 e. The summed E-state index contributed by atoms with van der Waals surface area (Å²) in [7, 11) is 0. The first-order valence-corrected chi connectivity index (χ1v) is 6.20. The number of anilines is 1. The first kappa shape index (κ1) is 15.6. The molecule has 2 aromatic carbocycles. The van der Waals surface area contributed by atoms with Crippen LogP contribution in [0.1, 0.15) is 11.1 Å². The number of nitrogens with one attached hydrogen (secondary N) is 1. The SMILES string of the molecule is Fc1ccc(CNc2ccc(Cl)c(C(F)(F)F)c2)c(F)c1. The lowest BCUT2D eigenvalue weighted by molar-refractivity contribution is -0.137. The van der Waals surface area contributed by atoms with Crippen molar-refractivity contribution in [1.29, 1.82) is 0 Å². The molecule has 0 aliphatic heterocycles. The quantitative estimate of drug-likeness (QED) is 0.761. The summed E-state index contributed by atoms with van der Waals surface area (Å²) in [6.07, 6.45) is -4.57. The monoisotopic (exact) mass is 321 g/mol. The van der Waals surface area contributed by atoms with Crippen molar-refractivity contribution >= 4 is 17.3 Å². The predicted octanol–water partition coefficient (Wildman–Crippen LogP) is 5.25. The molecule has 2 aromatic rings. The molecule has 21 heavy (non-hydrogen) atoms. The topological polar surface area (TPSA) is 12.0 Å². The van der Waals surface area contributed by atoms with E-state index in [1.807, 2.05) is 0 Å². The Morgan fingerprint density at radius 3 is 2.33 bits per heavy atom. The zero-order valence-corrected chi connectivity index (χ0v) is 11.2. The van der Waals surface area contributed by atoms with Gasteiger partial charge in [-0.3, -0.25) is 0 Å². The maximum absolute atomic E-state index is 13.4. The molecule has 0 atom stereocenters. The second-order valence-corrected chi connectivity index (χ2v) is 4.69. The second-order valence-electron chi connectivity index (χ2n) is 4.28. The lowest BCUT2D eigenvalue weighted by Crippen LogP contribution is -2.08. The summed E-state index contributed by atoms with van der Waals surface area (Å²) >= 11 is 5.49. The summed E-state index contributed by atoms with van der Waals surface area (Å²) in [5.74, 6) is -1.49. The average molecular weight is 322 g/mol. The highest BCUT2D eigenvalue weighted by Gasteiger charge is 2.33. The minimum Gasteiger partial charge on any atom is -0.381 e. The van der Waals surface area contributed by atoms with E-state index in [4.69, 9.17) is 11.6 Å². The Balaban J connectivity index is 2.17. The van der Waals surface area contributed by atoms with Crippen molar-refractivity contribution in [2.24, 2.45) is 0 Å². The van der Waals surface area contributed by atoms with Gasteiger partial charge in [-0.05, 0) is 24.3 Å². The minimum absolute atomic E-state index is 0.0783. The molecule has 0 aliphatic rings. The van der Waals surface area contributed by atoms with Crippen LogP contribution < -0.4 is 5.32 Å². The van der Waals surface area contributed by atoms with Crippen LogP contribution in [0.25, 0.3) is 0 Å². The van der Waals surface area contributed by atoms with Crippen molar-refractivity contribution in [3.05, 3.63) is 64.2 Å². The molecule has 0 saturated heterocycles. The van der Waals surface area contributed by atoms with E-state index in [0.717, 1.165) is 18.2 Å². The maximum Gasteiger partial charge on any atom is 0.417 e. The fraction of sp³-hybridized carbons (Fsp3) is 0.143. The first-order valence-electron chi connectivity index (χ1n) is 5.82. The van der Waals surface area contributed by atoms with Crippen molar-refractivity contribution in [3.8, 4) is 0 Å². The fourth-order valence-corrected chi connectivity index (χ4v) is 1.94. The second kappa shape index (κ2) is 5.89. The summed E-state index contributed by atoms with van der Waals surface area (Å²) in [6, 6.07) is 6.29. The minimum atomic E-state index is -4.57. The van der Waals surface area contributed by atoms with Gasteiger partial charge < -0.3 is 5.32 Å². The van der Waals surface area contributed by atoms with Gasteiger partial charge in [-0.15, -0.1) is 0 Å². The molecule has 0 bridgehead atoms. The Morgan fingerprint density at radius 2 is 1.71 bits per heavy atom. The van der Waals surface area contributed by atoms with Crippen LogP contribution in [0.3, 0.4) is 0 Å². The van der Waals surface area contributed by atoms with Gasteiger partial charge >= 0.3 is 6.18 Å². The van der Waals surface area contributed by atoms with Gasteiger partial charge in [0.25, 0.3) is 0 Å². The van der Waals surface area contributed by atoms with E-state index in [-0.39, 0.29) is 17.8 Å². The zero-order chi connectivity index (χ0) is 15.6. The molecular weight excluding hydrogens is 313 g/mol. The molecule has 7 heteroatoms. The Hall–Kier alpha value is -1.82. The molecule has 0 heterocycles. The Morgan fingerprint density at radius 1 is 1.00 bits per heavy atom. The molecule has 0 spiro atoms. The lowest BCUT2D eigenvalue weighted by Gasteiger charge is -2.12. The van der Waals surface area contributed by atoms with Gasteiger partial charge in [0.05, 0.1) is 10.6 Å². The van der Waals surface area contributed by atoms with Crippen LogP contribution >= 0.6 is 11.6 Å². The van der Waals surface area contributed by atoms with Gasteiger partial charge in [-0.25, -0.2) is 8.78 Å². The summed E-state index contributed by atoms with van der Waals surface area (Å²) in [4.78, 5) is 0. The van der Waals surface area contributed by atoms with Gasteiger partial charge in [0.2, 0.25) is 0 Å². The van der Waals surface area contributed by atoms with E-state index >= 15 is 0 Å². The predicted molar refractivity (Wildman–Crippen MR) is 70.1 cm³/mol. The normalized spacial score (nSPS) is 11.5. The average Bonchev–Trinajstić information content (AvgIpc) is 2.38. The van der Waals surface area contributed by atoms with Gasteiger partial charge in [0.1, 0.15) is 11.6 Å². The van der Waals surface area contributed by atoms with Gasteiger partial charge in [0.15, 0.2) is 0 Å². The molecule has 2 rings (SSSR count). The van der Waals surface area contributed by atoms with Crippen LogP contribution in [-0.2, 0) is 12.7 Å². The third-order valence-corrected chi connectivity index (χ3v) is 3.10. The fourth-order valence-electron chi connectivity index (χ4n) is 1.71. The van der Waals surface area contributed by atoms with E-state index in [2.05, 4.69) is 5.32 Å². The molecule has 0 amide bonds. The van der Waals surface area contributed by atoms with Crippen LogP contribution in [0.4, 0.5) is 27.6 Å². The molecule has 0 unspecified atom stereocenters. The Bertz CT molecular complexity index is 654. The van der Waals surface area contributed by atoms with Crippen LogP contribution in [-0.4, -0.2) is 0 Å². The van der Waals surface area contributed by atoms with Crippen molar-refractivity contribution in [2.45, 2.75) is 12.7 Å². The Kier molecular flexibility index (Phi) is 4.37. The highest BCUT2D eigenvalue weighted by Crippen LogP contribution is 2.36. The summed E-state index contributed by atoms with van der Waals surface area (Å²) in [5, 5.41) is 2.22. The van der Waals surface area contributed by atoms with Gasteiger partial charge in [0, 0.05) is 23.9 Å². The molecule has 0 radical (unpaired) electrons. The Labute approximate surface area is 122 Å². The number of rotatable bonds is 3. The van der Waals surface area contributed by atoms with Crippen molar-refractivity contribution in [3.63, 3.8) is 0 Å². The molecule has 0 saturated carbocycles. The number of halogens is 6. The van der Waals surface area contributed by atoms with E-state index in [0.29, 0.717) is 6.07 Å². The molecule has 0 aliphatic carbocycles. The van der Waals surface area contributed by atoms with Crippen molar-refractivity contribution in [1.82, 2.24) is 0 Å². The van der Waals surface area contributed by atoms with E-state index < -0.39 is 28.4 Å². The highest BCUT2D eigenvalue weighted by atomic mass is 35.5. The van der Waals surface area contributed by atoms with Crippen molar-refractivity contribution in [2.75, 3.05) is 5.32 Å². The molecule has 0 fully saturated rings. The number of benzene rings is 2. The van der Waals surface area contributed by atoms with Crippen LogP contribution in [0.5, 0.6) is 0 Å². The standard InChI is InChI=1S/C14H9ClF5N/c15-12-4-3-10(6-11(12)14(18,19)20)21-7-8-1-2-9(16)5-13(8)17/h1-6,21H,7H2. The summed E-state index contributed by atoms with van der Waals surface area (Å²) in [5.41, 5.74) is -0.705. The zero-order valence-electron chi connectivity index (χ0n) is 10.4. The van der Waals surface area contributed by atoms with Crippen LogP contribution in [0, 0.1) is 11.6 Å². The highest BCUT2D eigenvalue weighted by molar-refractivity contribution is 6.31. The maximum atomic E-state index is 13.4. The molecule has 0 aromatic heterocycles.